The smallest absolute Gasteiger partial charge is 0.200 e. The number of halogens is 76. The molecule has 0 saturated carbocycles. The van der Waals surface area contributed by atoms with Crippen LogP contribution in [-0.2, 0) is 0 Å². The Morgan fingerprint density at radius 3 is 0.252 bits per heavy atom. The summed E-state index contributed by atoms with van der Waals surface area (Å²) in [6.45, 7) is -8.19. The summed E-state index contributed by atoms with van der Waals surface area (Å²) in [5.74, 6) is -333. The molecule has 0 aliphatic rings. The number of hydrogen-bond acceptors (Lipinski definition) is 0. The highest BCUT2D eigenvalue weighted by molar-refractivity contribution is 9.26. The molecule has 0 N–H and O–H groups in total. The van der Waals surface area contributed by atoms with Gasteiger partial charge in [0.1, 0.15) is 6.69 Å². The van der Waals surface area contributed by atoms with Crippen LogP contribution in [0.25, 0.3) is 0 Å². The van der Waals surface area contributed by atoms with Crippen LogP contribution < -0.4 is 0 Å². The summed E-state index contributed by atoms with van der Waals surface area (Å²) in [5, 5.41) is 0. The predicted octanol–water partition coefficient (Wildman–Crippen LogP) is 27.1. The summed E-state index contributed by atoms with van der Waals surface area (Å²) in [4.78, 5) is 0. The first-order chi connectivity index (χ1) is 49.9. The normalized spacial score (nSPS) is 17.4. The Hall–Kier alpha value is -4.55. The summed E-state index contributed by atoms with van der Waals surface area (Å²) in [7, 11) is 0. The highest BCUT2D eigenvalue weighted by Gasteiger charge is 3.04. The minimum atomic E-state index is -10.6. The topological polar surface area (TPSA) is 0 Å². The average Bonchev–Trinajstić information content (AvgIpc) is 0.686. The van der Waals surface area contributed by atoms with Gasteiger partial charge in [0.2, 0.25) is 0 Å². The lowest BCUT2D eigenvalue weighted by molar-refractivity contribution is -0.482. The van der Waals surface area contributed by atoms with Crippen LogP contribution in [0.1, 0.15) is 19.3 Å². The van der Waals surface area contributed by atoms with Crippen LogP contribution in [0.4, 0.5) is 329 Å². The van der Waals surface area contributed by atoms with Gasteiger partial charge < -0.3 is 0 Å². The van der Waals surface area contributed by atoms with Crippen LogP contribution in [0.15, 0.2) is 0 Å². The molecule has 0 spiro atoms. The van der Waals surface area contributed by atoms with Gasteiger partial charge in [0.25, 0.3) is 0 Å². The number of rotatable bonds is 39. The minimum Gasteiger partial charge on any atom is -0.200 e. The first-order valence-electron chi connectivity index (χ1n) is 26.2. The molecule has 0 aromatic heterocycles. The first-order valence-corrected chi connectivity index (χ1v) is 31.1. The SMILES string of the molecule is FC(F)(F)C(F)(F)C(F)(F)C(F)(F)C(F)(F)C(F)(F)C(F)(F)C(F)(F)C(F)(F)C(F)(F)C(F)(F)C(F)(F)CC[Si](Br)(CCC(F)(F)C(F)(F)C(F)(F)C(F)(F)C(F)(F)C(F)(F)C(F)(F)C(F)(F)C(F)(F)C(F)(F)C(F)(F)C(F)(F)F)CCC(F)(F)C(F)(F)C(F)(F)C(F)(F)C(F)(F)C(F)(F)C(F)(F)C(F)(F)C(F)(F)C(F)(F)C(F)(F)C(F)(F)F. The van der Waals surface area contributed by atoms with Gasteiger partial charge in [0.05, 0.1) is 0 Å². The second-order valence-electron chi connectivity index (χ2n) is 23.5. The van der Waals surface area contributed by atoms with Gasteiger partial charge in [-0.05, 0) is 18.1 Å². The van der Waals surface area contributed by atoms with Crippen LogP contribution in [0, 0.1) is 0 Å². The molecule has 0 heterocycles. The summed E-state index contributed by atoms with van der Waals surface area (Å²) in [6.07, 6.45) is -41.8. The third kappa shape index (κ3) is 14.3. The average molecular weight is 2050 g/mol. The van der Waals surface area contributed by atoms with E-state index in [1.807, 2.05) is 0 Å². The zero-order chi connectivity index (χ0) is 98.7. The van der Waals surface area contributed by atoms with Crippen molar-refractivity contribution in [3.05, 3.63) is 0 Å². The van der Waals surface area contributed by atoms with Crippen molar-refractivity contribution in [2.45, 2.75) is 251 Å². The molecule has 0 unspecified atom stereocenters. The monoisotopic (exact) mass is 2050 g/mol. The summed E-state index contributed by atoms with van der Waals surface area (Å²) in [6, 6.07) is -13.3. The molecule has 0 rings (SSSR count). The van der Waals surface area contributed by atoms with Gasteiger partial charge in [-0.25, -0.2) is 0 Å². The molecule has 0 atom stereocenters. The van der Waals surface area contributed by atoms with Crippen molar-refractivity contribution in [2.24, 2.45) is 0 Å². The summed E-state index contributed by atoms with van der Waals surface area (Å²) < 4.78 is 1050. The Morgan fingerprint density at radius 1 is 0.109 bits per heavy atom. The Bertz CT molecular complexity index is 3180. The van der Waals surface area contributed by atoms with Gasteiger partial charge in [0, 0.05) is 19.3 Å². The van der Waals surface area contributed by atoms with Crippen molar-refractivity contribution in [3.63, 3.8) is 0 Å². The van der Waals surface area contributed by atoms with Crippen molar-refractivity contribution in [1.29, 1.82) is 0 Å². The molecule has 0 bridgehead atoms. The van der Waals surface area contributed by atoms with Crippen molar-refractivity contribution in [1.82, 2.24) is 0 Å². The minimum absolute atomic E-state index is 0.672. The first kappa shape index (κ1) is 114. The fraction of sp³-hybridized carbons (Fsp3) is 1.00. The maximum Gasteiger partial charge on any atom is 0.460 e. The zero-order valence-corrected chi connectivity index (χ0v) is 54.1. The van der Waals surface area contributed by atoms with Crippen molar-refractivity contribution >= 4 is 22.0 Å². The molecular weight excluding hydrogens is 2040 g/mol. The van der Waals surface area contributed by atoms with E-state index in [0.29, 0.717) is 15.3 Å². The van der Waals surface area contributed by atoms with Crippen molar-refractivity contribution in [3.8, 4) is 0 Å². The number of alkyl halides is 75. The van der Waals surface area contributed by atoms with Crippen molar-refractivity contribution < 1.29 is 329 Å². The molecule has 0 amide bonds. The fourth-order valence-electron chi connectivity index (χ4n) is 7.94. The molecule has 119 heavy (non-hydrogen) atoms. The van der Waals surface area contributed by atoms with E-state index >= 15 is 26.3 Å². The lowest BCUT2D eigenvalue weighted by Gasteiger charge is -2.46. The molecule has 0 radical (unpaired) electrons. The molecule has 0 aliphatic carbocycles. The quantitative estimate of drug-likeness (QED) is 0.0327. The van der Waals surface area contributed by atoms with E-state index in [0.717, 1.165) is 0 Å². The van der Waals surface area contributed by atoms with Gasteiger partial charge in [-0.15, -0.1) is 15.3 Å². The maximum absolute atomic E-state index is 15.2. The molecule has 0 aromatic rings. The largest absolute Gasteiger partial charge is 0.460 e. The molecule has 0 aliphatic heterocycles. The van der Waals surface area contributed by atoms with Gasteiger partial charge in [-0.1, -0.05) is 0 Å². The second-order valence-corrected chi connectivity index (χ2v) is 32.3. The molecule has 0 fully saturated rings. The van der Waals surface area contributed by atoms with Gasteiger partial charge in [-0.3, -0.25) is 0 Å². The second kappa shape index (κ2) is 28.7. The molecule has 0 nitrogen and oxygen atoms in total. The Morgan fingerprint density at radius 2 is 0.176 bits per heavy atom. The lowest BCUT2D eigenvalue weighted by atomic mass is 9.84. The Balaban J connectivity index is 9.20. The summed E-state index contributed by atoms with van der Waals surface area (Å²) in [5.41, 5.74) is 0. The summed E-state index contributed by atoms with van der Waals surface area (Å²) >= 11 is 0.672. The van der Waals surface area contributed by atoms with E-state index in [2.05, 4.69) is 0 Å². The standard InChI is InChI=1S/C42H12BrF75Si/c43-119(4-1-7(44,45)10(50,51)13(56,57)16(62,63)19(68,69)22(74,75)25(80,81)28(86,87)31(92,93)34(98,99)37(104,105)40(110,111)112,5-2-8(46,47)11(52,53)14(58,59)17(64,65)20(70,71)23(76,77)26(82,83)29(88,89)32(94,95)35(100,101)38(106,107)41(113,114)115)6-3-9(48,49)12(54,55)15(60,61)18(66,67)21(72,73)24(78,79)27(84,85)30(90,91)33(96,97)36(102,103)39(108,109)42(116,117)118/h1-6H2. The van der Waals surface area contributed by atoms with E-state index in [1.165, 1.54) is 0 Å². The molecule has 0 saturated heterocycles. The van der Waals surface area contributed by atoms with E-state index in [-0.39, 0.29) is 0 Å². The molecular formula is C42H12BrF75Si. The third-order valence-electron chi connectivity index (χ3n) is 15.8. The van der Waals surface area contributed by atoms with Crippen LogP contribution in [0.3, 0.4) is 0 Å². The van der Waals surface area contributed by atoms with Gasteiger partial charge in [0.15, 0.2) is 0 Å². The molecule has 0 aromatic carbocycles. The van der Waals surface area contributed by atoms with Crippen LogP contribution in [0.2, 0.25) is 18.1 Å². The molecule has 77 heteroatoms. The Kier molecular flexibility index (Phi) is 27.6. The fourth-order valence-corrected chi connectivity index (χ4v) is 12.8. The van der Waals surface area contributed by atoms with E-state index in [1.54, 1.807) is 0 Å². The van der Waals surface area contributed by atoms with Gasteiger partial charge >= 0.3 is 214 Å². The van der Waals surface area contributed by atoms with E-state index in [4.69, 9.17) is 0 Å². The van der Waals surface area contributed by atoms with E-state index in [9.17, 15) is 303 Å². The van der Waals surface area contributed by atoms with Gasteiger partial charge in [-0.2, -0.15) is 329 Å². The van der Waals surface area contributed by atoms with Crippen molar-refractivity contribution in [2.75, 3.05) is 0 Å². The maximum atomic E-state index is 15.2. The predicted molar refractivity (Wildman–Crippen MR) is 224 cm³/mol. The third-order valence-corrected chi connectivity index (χ3v) is 22.8. The highest BCUT2D eigenvalue weighted by Crippen LogP contribution is 2.74. The van der Waals surface area contributed by atoms with Crippen LogP contribution >= 0.6 is 15.3 Å². The number of hydrogen-bond donors (Lipinski definition) is 0. The Labute approximate surface area is 603 Å². The zero-order valence-electron chi connectivity index (χ0n) is 51.5. The molecule has 716 valence electrons. The lowest BCUT2D eigenvalue weighted by Crippen LogP contribution is -2.78. The highest BCUT2D eigenvalue weighted by atomic mass is 79.9. The van der Waals surface area contributed by atoms with E-state index < -0.39 is 258 Å². The van der Waals surface area contributed by atoms with Crippen LogP contribution in [-0.4, -0.2) is 221 Å². The van der Waals surface area contributed by atoms with Crippen LogP contribution in [0.5, 0.6) is 0 Å².